The maximum atomic E-state index is 12.1. The predicted octanol–water partition coefficient (Wildman–Crippen LogP) is 3.08. The maximum Gasteiger partial charge on any atom is 0.277 e. The minimum absolute atomic E-state index is 0.00237. The summed E-state index contributed by atoms with van der Waals surface area (Å²) in [5.74, 6) is 0.761. The molecule has 1 aromatic carbocycles. The second kappa shape index (κ2) is 6.53. The molecular formula is C14H15N3O3S. The number of amides is 1. The van der Waals surface area contributed by atoms with Crippen molar-refractivity contribution in [3.8, 4) is 0 Å². The Morgan fingerprint density at radius 2 is 2.19 bits per heavy atom. The second-order valence-corrected chi connectivity index (χ2v) is 5.55. The number of anilines is 1. The first-order valence-corrected chi connectivity index (χ1v) is 7.76. The molecule has 0 unspecified atom stereocenters. The monoisotopic (exact) mass is 305 g/mol. The fourth-order valence-electron chi connectivity index (χ4n) is 2.01. The van der Waals surface area contributed by atoms with Gasteiger partial charge in [0.15, 0.2) is 0 Å². The van der Waals surface area contributed by atoms with Gasteiger partial charge in [-0.25, -0.2) is 4.98 Å². The van der Waals surface area contributed by atoms with E-state index in [1.165, 1.54) is 12.3 Å². The smallest absolute Gasteiger partial charge is 0.277 e. The first kappa shape index (κ1) is 15.2. The van der Waals surface area contributed by atoms with E-state index >= 15 is 0 Å². The van der Waals surface area contributed by atoms with Gasteiger partial charge in [-0.2, -0.15) is 11.8 Å². The summed E-state index contributed by atoms with van der Waals surface area (Å²) < 4.78 is 0. The fraction of sp³-hybridized carbons (Fsp3) is 0.286. The number of non-ortho nitro benzene ring substituents is 1. The van der Waals surface area contributed by atoms with Crippen LogP contribution in [-0.4, -0.2) is 27.8 Å². The molecular weight excluding hydrogens is 290 g/mol. The van der Waals surface area contributed by atoms with Crippen LogP contribution in [0.4, 0.5) is 11.5 Å². The number of thioether (sulfide) groups is 1. The Morgan fingerprint density at radius 1 is 1.43 bits per heavy atom. The largest absolute Gasteiger partial charge is 0.310 e. The normalized spacial score (nSPS) is 12.1. The molecule has 0 saturated heterocycles. The fourth-order valence-corrected chi connectivity index (χ4v) is 2.67. The molecule has 0 radical (unpaired) electrons. The van der Waals surface area contributed by atoms with Crippen LogP contribution >= 0.6 is 11.8 Å². The van der Waals surface area contributed by atoms with Crippen molar-refractivity contribution >= 4 is 39.9 Å². The molecule has 2 rings (SSSR count). The van der Waals surface area contributed by atoms with E-state index in [1.54, 1.807) is 30.0 Å². The summed E-state index contributed by atoms with van der Waals surface area (Å²) in [4.78, 5) is 26.8. The van der Waals surface area contributed by atoms with Gasteiger partial charge in [0.2, 0.25) is 5.91 Å². The number of carbonyl (C=O) groups excluding carboxylic acids is 1. The molecule has 1 atom stereocenters. The highest BCUT2D eigenvalue weighted by atomic mass is 32.2. The quantitative estimate of drug-likeness (QED) is 0.677. The molecule has 1 N–H and O–H groups in total. The zero-order valence-corrected chi connectivity index (χ0v) is 12.5. The Balaban J connectivity index is 2.39. The van der Waals surface area contributed by atoms with E-state index in [9.17, 15) is 14.9 Å². The van der Waals surface area contributed by atoms with Crippen LogP contribution in [0.1, 0.15) is 6.92 Å². The zero-order valence-electron chi connectivity index (χ0n) is 11.7. The highest BCUT2D eigenvalue weighted by Gasteiger charge is 2.17. The first-order valence-electron chi connectivity index (χ1n) is 6.36. The van der Waals surface area contributed by atoms with Gasteiger partial charge in [-0.05, 0) is 12.3 Å². The Bertz CT molecular complexity index is 690. The molecule has 0 aliphatic carbocycles. The number of nitro groups is 1. The number of pyridine rings is 1. The zero-order chi connectivity index (χ0) is 15.4. The number of fused-ring (bicyclic) bond motifs is 1. The van der Waals surface area contributed by atoms with Crippen molar-refractivity contribution in [3.63, 3.8) is 0 Å². The highest BCUT2D eigenvalue weighted by Crippen LogP contribution is 2.29. The van der Waals surface area contributed by atoms with E-state index < -0.39 is 4.92 Å². The van der Waals surface area contributed by atoms with E-state index in [4.69, 9.17) is 0 Å². The van der Waals surface area contributed by atoms with Crippen LogP contribution in [0, 0.1) is 16.0 Å². The van der Waals surface area contributed by atoms with E-state index in [1.807, 2.05) is 13.2 Å². The molecule has 1 aromatic heterocycles. The van der Waals surface area contributed by atoms with Gasteiger partial charge >= 0.3 is 0 Å². The van der Waals surface area contributed by atoms with E-state index in [-0.39, 0.29) is 17.5 Å². The molecule has 0 aliphatic rings. The van der Waals surface area contributed by atoms with E-state index in [0.29, 0.717) is 22.3 Å². The standard InChI is InChI=1S/C14H15N3O3S/c1-9(8-21-2)14(18)16-13-11-4-3-5-12(17(19)20)10(11)6-7-15-13/h3-7,9H,8H2,1-2H3,(H,15,16,18)/t9-/m1/s1. The van der Waals surface area contributed by atoms with Crippen LogP contribution in [0.15, 0.2) is 30.5 Å². The van der Waals surface area contributed by atoms with Gasteiger partial charge in [0.25, 0.3) is 5.69 Å². The maximum absolute atomic E-state index is 12.1. The molecule has 0 spiro atoms. The van der Waals surface area contributed by atoms with Crippen molar-refractivity contribution in [1.82, 2.24) is 4.98 Å². The summed E-state index contributed by atoms with van der Waals surface area (Å²) in [5, 5.41) is 14.8. The third kappa shape index (κ3) is 3.30. The molecule has 0 saturated carbocycles. The predicted molar refractivity (Wildman–Crippen MR) is 84.6 cm³/mol. The Hall–Kier alpha value is -2.15. The van der Waals surface area contributed by atoms with Crippen molar-refractivity contribution in [2.45, 2.75) is 6.92 Å². The third-order valence-electron chi connectivity index (χ3n) is 3.09. The van der Waals surface area contributed by atoms with Gasteiger partial charge in [-0.3, -0.25) is 14.9 Å². The number of nitrogens with zero attached hydrogens (tertiary/aromatic N) is 2. The second-order valence-electron chi connectivity index (χ2n) is 4.63. The van der Waals surface area contributed by atoms with Crippen LogP contribution in [0.25, 0.3) is 10.8 Å². The Labute approximate surface area is 126 Å². The number of nitro benzene ring substituents is 1. The van der Waals surface area contributed by atoms with E-state index in [2.05, 4.69) is 10.3 Å². The summed E-state index contributed by atoms with van der Waals surface area (Å²) in [6, 6.07) is 6.31. The molecule has 1 heterocycles. The first-order chi connectivity index (χ1) is 10.0. The van der Waals surface area contributed by atoms with E-state index in [0.717, 1.165) is 0 Å². The number of aromatic nitrogens is 1. The molecule has 6 nitrogen and oxygen atoms in total. The van der Waals surface area contributed by atoms with Crippen molar-refractivity contribution < 1.29 is 9.72 Å². The summed E-state index contributed by atoms with van der Waals surface area (Å²) >= 11 is 1.59. The molecule has 1 amide bonds. The summed E-state index contributed by atoms with van der Waals surface area (Å²) in [7, 11) is 0. The van der Waals surface area contributed by atoms with Gasteiger partial charge in [0, 0.05) is 29.3 Å². The number of nitrogens with one attached hydrogen (secondary N) is 1. The molecule has 0 fully saturated rings. The van der Waals surface area contributed by atoms with Gasteiger partial charge < -0.3 is 5.32 Å². The van der Waals surface area contributed by atoms with Crippen LogP contribution < -0.4 is 5.32 Å². The van der Waals surface area contributed by atoms with Crippen LogP contribution in [0.2, 0.25) is 0 Å². The molecule has 0 aliphatic heterocycles. The Kier molecular flexibility index (Phi) is 4.74. The lowest BCUT2D eigenvalue weighted by Crippen LogP contribution is -2.22. The molecule has 110 valence electrons. The van der Waals surface area contributed by atoms with Crippen LogP contribution in [0.5, 0.6) is 0 Å². The van der Waals surface area contributed by atoms with Crippen molar-refractivity contribution in [2.75, 3.05) is 17.3 Å². The van der Waals surface area contributed by atoms with Crippen molar-refractivity contribution in [1.29, 1.82) is 0 Å². The summed E-state index contributed by atoms with van der Waals surface area (Å²) in [5.41, 5.74) is 0.00237. The lowest BCUT2D eigenvalue weighted by atomic mass is 10.1. The number of rotatable bonds is 5. The van der Waals surface area contributed by atoms with Gasteiger partial charge in [0.05, 0.1) is 10.3 Å². The number of hydrogen-bond donors (Lipinski definition) is 1. The Morgan fingerprint density at radius 3 is 2.86 bits per heavy atom. The number of carbonyl (C=O) groups is 1. The van der Waals surface area contributed by atoms with Gasteiger partial charge in [-0.1, -0.05) is 19.1 Å². The summed E-state index contributed by atoms with van der Waals surface area (Å²) in [6.07, 6.45) is 3.40. The van der Waals surface area contributed by atoms with Crippen LogP contribution in [0.3, 0.4) is 0 Å². The number of hydrogen-bond acceptors (Lipinski definition) is 5. The molecule has 21 heavy (non-hydrogen) atoms. The summed E-state index contributed by atoms with van der Waals surface area (Å²) in [6.45, 7) is 1.83. The highest BCUT2D eigenvalue weighted by molar-refractivity contribution is 7.98. The minimum atomic E-state index is -0.440. The number of benzene rings is 1. The molecule has 2 aromatic rings. The van der Waals surface area contributed by atoms with Gasteiger partial charge in [-0.15, -0.1) is 0 Å². The third-order valence-corrected chi connectivity index (χ3v) is 3.92. The van der Waals surface area contributed by atoms with Crippen molar-refractivity contribution in [3.05, 3.63) is 40.6 Å². The average molecular weight is 305 g/mol. The minimum Gasteiger partial charge on any atom is -0.310 e. The SMILES string of the molecule is CSC[C@@H](C)C(=O)Nc1nccc2c([N+](=O)[O-])cccc12. The molecule has 7 heteroatoms. The molecule has 0 bridgehead atoms. The lowest BCUT2D eigenvalue weighted by molar-refractivity contribution is -0.383. The van der Waals surface area contributed by atoms with Crippen molar-refractivity contribution in [2.24, 2.45) is 5.92 Å². The average Bonchev–Trinajstić information content (AvgIpc) is 2.47. The van der Waals surface area contributed by atoms with Crippen LogP contribution in [-0.2, 0) is 4.79 Å². The topological polar surface area (TPSA) is 85.1 Å². The lowest BCUT2D eigenvalue weighted by Gasteiger charge is -2.11. The van der Waals surface area contributed by atoms with Gasteiger partial charge in [0.1, 0.15) is 5.82 Å².